The molecule has 12 rings (SSSR count). The van der Waals surface area contributed by atoms with Crippen molar-refractivity contribution in [3.8, 4) is 33.4 Å². The summed E-state index contributed by atoms with van der Waals surface area (Å²) in [4.78, 5) is 4.73. The molecule has 0 fully saturated rings. The van der Waals surface area contributed by atoms with Gasteiger partial charge in [-0.2, -0.15) is 0 Å². The molecule has 10 aromatic carbocycles. The summed E-state index contributed by atoms with van der Waals surface area (Å²) in [5.41, 5.74) is 24.0. The molecule has 0 saturated carbocycles. The highest BCUT2D eigenvalue weighted by Crippen LogP contribution is 2.50. The number of rotatable bonds is 11. The number of benzene rings is 10. The third kappa shape index (κ3) is 9.12. The third-order valence-corrected chi connectivity index (χ3v) is 14.9. The van der Waals surface area contributed by atoms with E-state index in [2.05, 4.69) is 304 Å². The van der Waals surface area contributed by atoms with E-state index in [1.54, 1.807) is 0 Å². The van der Waals surface area contributed by atoms with Crippen molar-refractivity contribution in [3.05, 3.63) is 300 Å². The fourth-order valence-electron chi connectivity index (χ4n) is 11.0. The summed E-state index contributed by atoms with van der Waals surface area (Å²) in [5, 5.41) is 2.51. The summed E-state index contributed by atoms with van der Waals surface area (Å²) >= 11 is 0. The van der Waals surface area contributed by atoms with E-state index in [1.165, 1.54) is 88.7 Å². The SMILES string of the molecule is CC1=CC2C=CC(c3ccc(N(c4ccc(C)cc4)c4ccc(-c5ccccc5)cc4)cc3)=C(c3c(-c4ccc(N(c5ccc(C)cc5)c5ccc(-c6ccccc6)cc5)cc4)ccc4cc(C)ccc34)C2C=C1. The fraction of sp³-hybridized carbons (Fsp3) is 0.0833. The normalized spacial score (nSPS) is 14.9. The van der Waals surface area contributed by atoms with E-state index in [0.717, 1.165) is 34.1 Å². The van der Waals surface area contributed by atoms with Gasteiger partial charge in [0.05, 0.1) is 0 Å². The lowest BCUT2D eigenvalue weighted by molar-refractivity contribution is 0.674. The smallest absolute Gasteiger partial charge is 0.0462 e. The molecule has 356 valence electrons. The lowest BCUT2D eigenvalue weighted by Gasteiger charge is -2.33. The highest BCUT2D eigenvalue weighted by atomic mass is 15.1. The lowest BCUT2D eigenvalue weighted by atomic mass is 9.70. The van der Waals surface area contributed by atoms with E-state index in [-0.39, 0.29) is 11.8 Å². The Balaban J connectivity index is 0.977. The van der Waals surface area contributed by atoms with Crippen LogP contribution in [0.1, 0.15) is 34.7 Å². The van der Waals surface area contributed by atoms with E-state index in [0.29, 0.717) is 0 Å². The Bertz CT molecular complexity index is 3750. The quantitative estimate of drug-likeness (QED) is 0.127. The molecule has 0 aliphatic heterocycles. The summed E-state index contributed by atoms with van der Waals surface area (Å²) in [6.07, 6.45) is 12.0. The number of nitrogens with zero attached hydrogens (tertiary/aromatic N) is 2. The number of anilines is 6. The molecule has 0 radical (unpaired) electrons. The summed E-state index contributed by atoms with van der Waals surface area (Å²) in [6.45, 7) is 8.71. The Morgan fingerprint density at radius 1 is 0.338 bits per heavy atom. The lowest BCUT2D eigenvalue weighted by Crippen LogP contribution is -2.18. The van der Waals surface area contributed by atoms with Crippen LogP contribution in [0.15, 0.2) is 273 Å². The summed E-state index contributed by atoms with van der Waals surface area (Å²) in [7, 11) is 0. The zero-order valence-corrected chi connectivity index (χ0v) is 42.5. The van der Waals surface area contributed by atoms with Crippen molar-refractivity contribution in [2.24, 2.45) is 11.8 Å². The second-order valence-corrected chi connectivity index (χ2v) is 20.0. The molecule has 0 heterocycles. The van der Waals surface area contributed by atoms with Crippen molar-refractivity contribution in [2.75, 3.05) is 9.80 Å². The molecule has 0 N–H and O–H groups in total. The largest absolute Gasteiger partial charge is 0.311 e. The Morgan fingerprint density at radius 2 is 0.757 bits per heavy atom. The van der Waals surface area contributed by atoms with Gasteiger partial charge in [0.15, 0.2) is 0 Å². The second-order valence-electron chi connectivity index (χ2n) is 20.0. The van der Waals surface area contributed by atoms with Crippen LogP contribution in [-0.2, 0) is 0 Å². The molecule has 0 bridgehead atoms. The van der Waals surface area contributed by atoms with Gasteiger partial charge in [0.1, 0.15) is 0 Å². The summed E-state index contributed by atoms with van der Waals surface area (Å²) in [5.74, 6) is 0.382. The first kappa shape index (κ1) is 46.1. The predicted octanol–water partition coefficient (Wildman–Crippen LogP) is 19.9. The van der Waals surface area contributed by atoms with Crippen molar-refractivity contribution >= 4 is 56.0 Å². The molecular formula is C72H58N2. The number of fused-ring (bicyclic) bond motifs is 2. The first-order valence-electron chi connectivity index (χ1n) is 25.9. The van der Waals surface area contributed by atoms with Gasteiger partial charge in [-0.05, 0) is 167 Å². The molecule has 0 spiro atoms. The van der Waals surface area contributed by atoms with Crippen LogP contribution in [0.5, 0.6) is 0 Å². The number of hydrogen-bond acceptors (Lipinski definition) is 2. The highest BCUT2D eigenvalue weighted by molar-refractivity contribution is 6.10. The van der Waals surface area contributed by atoms with Gasteiger partial charge in [-0.3, -0.25) is 0 Å². The molecule has 0 saturated heterocycles. The van der Waals surface area contributed by atoms with E-state index in [1.807, 2.05) is 0 Å². The van der Waals surface area contributed by atoms with Gasteiger partial charge in [-0.25, -0.2) is 0 Å². The Morgan fingerprint density at radius 3 is 1.24 bits per heavy atom. The maximum Gasteiger partial charge on any atom is 0.0462 e. The van der Waals surface area contributed by atoms with Crippen molar-refractivity contribution in [2.45, 2.75) is 27.7 Å². The molecule has 2 heteroatoms. The van der Waals surface area contributed by atoms with Crippen molar-refractivity contribution in [1.82, 2.24) is 0 Å². The molecule has 2 atom stereocenters. The van der Waals surface area contributed by atoms with Crippen LogP contribution in [0.25, 0.3) is 55.3 Å². The van der Waals surface area contributed by atoms with E-state index in [9.17, 15) is 0 Å². The molecular weight excluding hydrogens is 893 g/mol. The summed E-state index contributed by atoms with van der Waals surface area (Å²) < 4.78 is 0. The number of aryl methyl sites for hydroxylation is 3. The molecule has 2 nitrogen and oxygen atoms in total. The topological polar surface area (TPSA) is 6.48 Å². The Kier molecular flexibility index (Phi) is 12.4. The Labute approximate surface area is 436 Å². The van der Waals surface area contributed by atoms with Crippen molar-refractivity contribution in [1.29, 1.82) is 0 Å². The van der Waals surface area contributed by atoms with Gasteiger partial charge in [0.2, 0.25) is 0 Å². The van der Waals surface area contributed by atoms with Gasteiger partial charge in [0, 0.05) is 46.0 Å². The van der Waals surface area contributed by atoms with E-state index >= 15 is 0 Å². The maximum atomic E-state index is 2.45. The van der Waals surface area contributed by atoms with Crippen LogP contribution >= 0.6 is 0 Å². The zero-order chi connectivity index (χ0) is 50.1. The molecule has 74 heavy (non-hydrogen) atoms. The molecule has 10 aromatic rings. The van der Waals surface area contributed by atoms with Crippen LogP contribution < -0.4 is 9.80 Å². The average Bonchev–Trinajstić information content (AvgIpc) is 3.45. The maximum absolute atomic E-state index is 2.45. The average molecular weight is 951 g/mol. The zero-order valence-electron chi connectivity index (χ0n) is 42.5. The standard InChI is InChI=1S/C72H58N2/c1-49-15-31-61(32-16-49)73(63-35-21-55(22-36-63)53-11-7-5-8-12-53)65-39-25-57(26-40-65)67-45-29-59-47-51(3)19-43-69(59)71(67)72-68(46-30-60-48-52(4)20-44-70(60)72)58-27-41-66(42-28-58)74(62-33-17-50(2)18-34-62)64-37-23-56(24-38-64)54-13-9-6-10-14-54/h5-48,59,69H,1-4H3. The summed E-state index contributed by atoms with van der Waals surface area (Å²) in [6, 6.07) is 87.0. The number of allylic oxidation sites excluding steroid dienone is 8. The molecule has 0 aromatic heterocycles. The van der Waals surface area contributed by atoms with E-state index in [4.69, 9.17) is 0 Å². The van der Waals surface area contributed by atoms with Gasteiger partial charge < -0.3 is 9.80 Å². The minimum absolute atomic E-state index is 0.145. The van der Waals surface area contributed by atoms with Crippen LogP contribution in [0, 0.1) is 32.6 Å². The van der Waals surface area contributed by atoms with Crippen LogP contribution in [0.4, 0.5) is 34.1 Å². The van der Waals surface area contributed by atoms with Gasteiger partial charge >= 0.3 is 0 Å². The van der Waals surface area contributed by atoms with Gasteiger partial charge in [-0.15, -0.1) is 0 Å². The monoisotopic (exact) mass is 950 g/mol. The Hall–Kier alpha value is -8.98. The van der Waals surface area contributed by atoms with Crippen LogP contribution in [0.2, 0.25) is 0 Å². The van der Waals surface area contributed by atoms with Crippen molar-refractivity contribution in [3.63, 3.8) is 0 Å². The first-order chi connectivity index (χ1) is 36.3. The first-order valence-corrected chi connectivity index (χ1v) is 25.9. The molecule has 0 amide bonds. The fourth-order valence-corrected chi connectivity index (χ4v) is 11.0. The predicted molar refractivity (Wildman–Crippen MR) is 316 cm³/mol. The van der Waals surface area contributed by atoms with Gasteiger partial charge in [-0.1, -0.05) is 216 Å². The second kappa shape index (κ2) is 19.9. The minimum Gasteiger partial charge on any atom is -0.311 e. The van der Waals surface area contributed by atoms with Gasteiger partial charge in [0.25, 0.3) is 0 Å². The number of hydrogen-bond donors (Lipinski definition) is 0. The third-order valence-electron chi connectivity index (χ3n) is 14.9. The van der Waals surface area contributed by atoms with Crippen LogP contribution in [-0.4, -0.2) is 0 Å². The minimum atomic E-state index is 0.145. The molecule has 2 aliphatic carbocycles. The molecule has 2 unspecified atom stereocenters. The van der Waals surface area contributed by atoms with Crippen LogP contribution in [0.3, 0.4) is 0 Å². The highest BCUT2D eigenvalue weighted by Gasteiger charge is 2.32. The van der Waals surface area contributed by atoms with Crippen molar-refractivity contribution < 1.29 is 0 Å². The molecule has 2 aliphatic rings. The van der Waals surface area contributed by atoms with E-state index < -0.39 is 0 Å².